The van der Waals surface area contributed by atoms with Crippen molar-refractivity contribution in [2.75, 3.05) is 33.3 Å². The van der Waals surface area contributed by atoms with Crippen molar-refractivity contribution in [2.45, 2.75) is 12.3 Å². The van der Waals surface area contributed by atoms with Crippen molar-refractivity contribution in [3.63, 3.8) is 0 Å². The third kappa shape index (κ3) is 3.40. The van der Waals surface area contributed by atoms with Gasteiger partial charge in [0.1, 0.15) is 5.75 Å². The molecule has 0 N–H and O–H groups in total. The molecule has 3 rings (SSSR count). The Balaban J connectivity index is 1.71. The van der Waals surface area contributed by atoms with Crippen LogP contribution >= 0.6 is 0 Å². The summed E-state index contributed by atoms with van der Waals surface area (Å²) in [5.74, 6) is 2.51. The molecule has 1 amide bonds. The Morgan fingerprint density at radius 1 is 0.960 bits per heavy atom. The van der Waals surface area contributed by atoms with Crippen molar-refractivity contribution >= 4 is 11.6 Å². The van der Waals surface area contributed by atoms with Crippen molar-refractivity contribution in [2.24, 2.45) is 5.92 Å². The molecule has 1 saturated carbocycles. The second kappa shape index (κ2) is 7.05. The average molecular weight is 341 g/mol. The van der Waals surface area contributed by atoms with Gasteiger partial charge in [-0.05, 0) is 42.2 Å². The number of carbonyl (C=O) groups excluding carboxylic acids is 1. The largest absolute Gasteiger partial charge is 0.497 e. The number of hydrogen-bond donors (Lipinski definition) is 0. The van der Waals surface area contributed by atoms with Crippen LogP contribution in [-0.4, -0.2) is 34.3 Å². The molecule has 1 aliphatic carbocycles. The van der Waals surface area contributed by atoms with E-state index in [1.54, 1.807) is 33.3 Å². The van der Waals surface area contributed by atoms with Gasteiger partial charge < -0.3 is 19.1 Å². The first-order valence-electron chi connectivity index (χ1n) is 8.22. The maximum atomic E-state index is 12.8. The highest BCUT2D eigenvalue weighted by Crippen LogP contribution is 2.49. The molecule has 2 aromatic carbocycles. The van der Waals surface area contributed by atoms with E-state index in [-0.39, 0.29) is 17.7 Å². The zero-order valence-corrected chi connectivity index (χ0v) is 15.0. The van der Waals surface area contributed by atoms with Gasteiger partial charge in [0.05, 0.1) is 21.3 Å². The van der Waals surface area contributed by atoms with Crippen molar-refractivity contribution in [3.05, 3.63) is 48.0 Å². The lowest BCUT2D eigenvalue weighted by Crippen LogP contribution is -2.28. The fourth-order valence-electron chi connectivity index (χ4n) is 3.10. The predicted molar refractivity (Wildman–Crippen MR) is 96.8 cm³/mol. The minimum Gasteiger partial charge on any atom is -0.497 e. The van der Waals surface area contributed by atoms with Crippen molar-refractivity contribution < 1.29 is 19.0 Å². The Bertz CT molecular complexity index is 757. The first-order valence-corrected chi connectivity index (χ1v) is 8.22. The molecule has 0 aliphatic heterocycles. The fraction of sp³-hybridized carbons (Fsp3) is 0.350. The number of benzene rings is 2. The van der Waals surface area contributed by atoms with Gasteiger partial charge in [-0.15, -0.1) is 0 Å². The molecular weight excluding hydrogens is 318 g/mol. The van der Waals surface area contributed by atoms with Crippen LogP contribution in [0.15, 0.2) is 42.5 Å². The molecule has 2 atom stereocenters. The normalized spacial score (nSPS) is 18.4. The van der Waals surface area contributed by atoms with Crippen LogP contribution in [0.4, 0.5) is 5.69 Å². The minimum atomic E-state index is 0.0199. The number of rotatable bonds is 6. The van der Waals surface area contributed by atoms with Gasteiger partial charge in [0, 0.05) is 24.7 Å². The summed E-state index contributed by atoms with van der Waals surface area (Å²) in [6, 6.07) is 13.4. The van der Waals surface area contributed by atoms with Gasteiger partial charge in [-0.3, -0.25) is 4.79 Å². The van der Waals surface area contributed by atoms with Gasteiger partial charge in [-0.1, -0.05) is 12.1 Å². The van der Waals surface area contributed by atoms with Gasteiger partial charge in [-0.2, -0.15) is 0 Å². The SMILES string of the molecule is COc1ccc([C@@H]2C[C@@H]2C(=O)N(C)c2ccc(OC)c(OC)c2)cc1. The highest BCUT2D eigenvalue weighted by atomic mass is 16.5. The van der Waals surface area contributed by atoms with E-state index in [1.165, 1.54) is 5.56 Å². The van der Waals surface area contributed by atoms with Crippen LogP contribution in [0, 0.1) is 5.92 Å². The Hall–Kier alpha value is -2.69. The van der Waals surface area contributed by atoms with Crippen LogP contribution in [0.2, 0.25) is 0 Å². The molecule has 0 bridgehead atoms. The van der Waals surface area contributed by atoms with E-state index < -0.39 is 0 Å². The zero-order valence-electron chi connectivity index (χ0n) is 15.0. The number of methoxy groups -OCH3 is 3. The molecular formula is C20H23NO4. The van der Waals surface area contributed by atoms with Gasteiger partial charge >= 0.3 is 0 Å². The molecule has 132 valence electrons. The summed E-state index contributed by atoms with van der Waals surface area (Å²) in [7, 11) is 6.63. The lowest BCUT2D eigenvalue weighted by molar-refractivity contribution is -0.119. The second-order valence-electron chi connectivity index (χ2n) is 6.16. The molecule has 0 spiro atoms. The quantitative estimate of drug-likeness (QED) is 0.807. The summed E-state index contributed by atoms with van der Waals surface area (Å²) in [6.45, 7) is 0. The van der Waals surface area contributed by atoms with Crippen molar-refractivity contribution in [3.8, 4) is 17.2 Å². The summed E-state index contributed by atoms with van der Waals surface area (Å²) in [5, 5.41) is 0. The lowest BCUT2D eigenvalue weighted by atomic mass is 10.1. The Kier molecular flexibility index (Phi) is 4.83. The number of carbonyl (C=O) groups is 1. The van der Waals surface area contributed by atoms with E-state index in [0.29, 0.717) is 11.5 Å². The molecule has 0 saturated heterocycles. The van der Waals surface area contributed by atoms with E-state index in [1.807, 2.05) is 42.5 Å². The average Bonchev–Trinajstić information content (AvgIpc) is 3.47. The van der Waals surface area contributed by atoms with E-state index in [9.17, 15) is 4.79 Å². The van der Waals surface area contributed by atoms with E-state index in [0.717, 1.165) is 17.9 Å². The maximum absolute atomic E-state index is 12.8. The molecule has 2 aromatic rings. The summed E-state index contributed by atoms with van der Waals surface area (Å²) < 4.78 is 15.7. The molecule has 25 heavy (non-hydrogen) atoms. The highest BCUT2D eigenvalue weighted by molar-refractivity contribution is 5.97. The molecule has 1 fully saturated rings. The van der Waals surface area contributed by atoms with Crippen LogP contribution in [0.3, 0.4) is 0 Å². The lowest BCUT2D eigenvalue weighted by Gasteiger charge is -2.19. The molecule has 0 aromatic heterocycles. The molecule has 5 nitrogen and oxygen atoms in total. The zero-order chi connectivity index (χ0) is 18.0. The third-order valence-electron chi connectivity index (χ3n) is 4.74. The van der Waals surface area contributed by atoms with Crippen LogP contribution < -0.4 is 19.1 Å². The number of anilines is 1. The van der Waals surface area contributed by atoms with E-state index in [2.05, 4.69) is 0 Å². The molecule has 5 heteroatoms. The predicted octanol–water partition coefficient (Wildman–Crippen LogP) is 3.48. The number of amides is 1. The third-order valence-corrected chi connectivity index (χ3v) is 4.74. The highest BCUT2D eigenvalue weighted by Gasteiger charge is 2.45. The van der Waals surface area contributed by atoms with Gasteiger partial charge in [-0.25, -0.2) is 0 Å². The number of nitrogens with zero attached hydrogens (tertiary/aromatic N) is 1. The van der Waals surface area contributed by atoms with Gasteiger partial charge in [0.15, 0.2) is 11.5 Å². The van der Waals surface area contributed by atoms with Crippen LogP contribution in [0.1, 0.15) is 17.9 Å². The van der Waals surface area contributed by atoms with Gasteiger partial charge in [0.2, 0.25) is 5.91 Å². The van der Waals surface area contributed by atoms with Crippen molar-refractivity contribution in [1.82, 2.24) is 0 Å². The topological polar surface area (TPSA) is 48.0 Å². The maximum Gasteiger partial charge on any atom is 0.230 e. The van der Waals surface area contributed by atoms with Crippen molar-refractivity contribution in [1.29, 1.82) is 0 Å². The van der Waals surface area contributed by atoms with E-state index >= 15 is 0 Å². The fourth-order valence-corrected chi connectivity index (χ4v) is 3.10. The molecule has 1 aliphatic rings. The second-order valence-corrected chi connectivity index (χ2v) is 6.16. The smallest absolute Gasteiger partial charge is 0.230 e. The van der Waals surface area contributed by atoms with Crippen LogP contribution in [0.25, 0.3) is 0 Å². The molecule has 0 heterocycles. The first-order chi connectivity index (χ1) is 12.1. The molecule has 0 unspecified atom stereocenters. The number of ether oxygens (including phenoxy) is 3. The Morgan fingerprint density at radius 3 is 2.24 bits per heavy atom. The minimum absolute atomic E-state index is 0.0199. The van der Waals surface area contributed by atoms with Crippen LogP contribution in [-0.2, 0) is 4.79 Å². The number of hydrogen-bond acceptors (Lipinski definition) is 4. The Morgan fingerprint density at radius 2 is 1.64 bits per heavy atom. The summed E-state index contributed by atoms with van der Waals surface area (Å²) in [4.78, 5) is 14.5. The Labute approximate surface area is 148 Å². The first kappa shape index (κ1) is 17.1. The summed E-state index contributed by atoms with van der Waals surface area (Å²) in [5.41, 5.74) is 1.97. The summed E-state index contributed by atoms with van der Waals surface area (Å²) >= 11 is 0. The standard InChI is InChI=1S/C20H23NO4/c1-21(14-7-10-18(24-3)19(11-14)25-4)20(22)17-12-16(17)13-5-8-15(23-2)9-6-13/h5-11,16-17H,12H2,1-4H3/t16-,17-/m0/s1. The monoisotopic (exact) mass is 341 g/mol. The molecule has 0 radical (unpaired) electrons. The van der Waals surface area contributed by atoms with Gasteiger partial charge in [0.25, 0.3) is 0 Å². The van der Waals surface area contributed by atoms with Crippen LogP contribution in [0.5, 0.6) is 17.2 Å². The van der Waals surface area contributed by atoms with E-state index in [4.69, 9.17) is 14.2 Å². The summed E-state index contributed by atoms with van der Waals surface area (Å²) in [6.07, 6.45) is 0.878.